The van der Waals surface area contributed by atoms with Crippen LogP contribution in [0.4, 0.5) is 0 Å². The van der Waals surface area contributed by atoms with Gasteiger partial charge in [-0.05, 0) is 56.1 Å². The predicted molar refractivity (Wildman–Crippen MR) is 163 cm³/mol. The monoisotopic (exact) mass is 595 g/mol. The van der Waals surface area contributed by atoms with Crippen molar-refractivity contribution in [3.05, 3.63) is 36.0 Å². The van der Waals surface area contributed by atoms with Gasteiger partial charge in [0, 0.05) is 36.6 Å². The lowest BCUT2D eigenvalue weighted by Crippen LogP contribution is -2.55. The molecule has 0 bridgehead atoms. The van der Waals surface area contributed by atoms with Gasteiger partial charge in [0.15, 0.2) is 5.96 Å². The van der Waals surface area contributed by atoms with Gasteiger partial charge in [-0.15, -0.1) is 0 Å². The zero-order valence-electron chi connectivity index (χ0n) is 25.1. The Morgan fingerprint density at radius 2 is 1.91 bits per heavy atom. The highest BCUT2D eigenvalue weighted by Crippen LogP contribution is 2.24. The van der Waals surface area contributed by atoms with Crippen molar-refractivity contribution in [1.29, 1.82) is 5.41 Å². The topological polar surface area (TPSA) is 182 Å². The number of cyclic esters (lactones) is 1. The molecule has 43 heavy (non-hydrogen) atoms. The largest absolute Gasteiger partial charge is 0.460 e. The second kappa shape index (κ2) is 14.9. The first kappa shape index (κ1) is 31.8. The Morgan fingerprint density at radius 3 is 2.67 bits per heavy atom. The number of fused-ring (bicyclic) bond motifs is 2. The fourth-order valence-corrected chi connectivity index (χ4v) is 5.93. The molecule has 3 amide bonds. The highest BCUT2D eigenvalue weighted by Gasteiger charge is 2.40. The van der Waals surface area contributed by atoms with Gasteiger partial charge in [-0.25, -0.2) is 4.79 Å². The number of nitrogens with one attached hydrogen (secondary N) is 5. The van der Waals surface area contributed by atoms with Crippen molar-refractivity contribution in [3.63, 3.8) is 0 Å². The fourth-order valence-electron chi connectivity index (χ4n) is 5.93. The normalized spacial score (nSPS) is 23.6. The van der Waals surface area contributed by atoms with Gasteiger partial charge in [0.2, 0.25) is 17.7 Å². The molecule has 234 valence electrons. The maximum atomic E-state index is 14.0. The lowest BCUT2D eigenvalue weighted by Gasteiger charge is -2.29. The molecule has 7 N–H and O–H groups in total. The highest BCUT2D eigenvalue weighted by atomic mass is 16.5. The smallest absolute Gasteiger partial charge is 0.328 e. The second-order valence-corrected chi connectivity index (χ2v) is 12.0. The molecule has 0 aliphatic carbocycles. The van der Waals surface area contributed by atoms with E-state index in [0.717, 1.165) is 29.3 Å². The number of esters is 1. The number of carbonyl (C=O) groups excluding carboxylic acids is 4. The third-order valence-corrected chi connectivity index (χ3v) is 8.16. The van der Waals surface area contributed by atoms with E-state index in [4.69, 9.17) is 15.9 Å². The molecule has 1 aromatic heterocycles. The van der Waals surface area contributed by atoms with Gasteiger partial charge in [-0.1, -0.05) is 38.5 Å². The minimum Gasteiger partial charge on any atom is -0.460 e. The van der Waals surface area contributed by atoms with E-state index in [0.29, 0.717) is 44.7 Å². The van der Waals surface area contributed by atoms with Crippen molar-refractivity contribution in [3.8, 4) is 0 Å². The molecule has 12 heteroatoms. The molecule has 2 saturated heterocycles. The molecule has 2 aromatic rings. The van der Waals surface area contributed by atoms with Crippen LogP contribution in [0.3, 0.4) is 0 Å². The summed E-state index contributed by atoms with van der Waals surface area (Å²) in [6, 6.07) is 5.16. The summed E-state index contributed by atoms with van der Waals surface area (Å²) >= 11 is 0. The van der Waals surface area contributed by atoms with Crippen molar-refractivity contribution >= 4 is 40.6 Å². The first-order valence-corrected chi connectivity index (χ1v) is 15.4. The number of carbonyl (C=O) groups is 4. The third kappa shape index (κ3) is 8.71. The van der Waals surface area contributed by atoms with Gasteiger partial charge in [0.1, 0.15) is 24.2 Å². The molecule has 4 rings (SSSR count). The van der Waals surface area contributed by atoms with E-state index in [1.165, 1.54) is 4.90 Å². The zero-order valence-corrected chi connectivity index (χ0v) is 25.1. The van der Waals surface area contributed by atoms with Gasteiger partial charge < -0.3 is 36.3 Å². The number of hydrogen-bond donors (Lipinski definition) is 6. The molecule has 2 aliphatic heterocycles. The molecule has 3 heterocycles. The summed E-state index contributed by atoms with van der Waals surface area (Å²) in [5, 5.41) is 16.8. The first-order valence-electron chi connectivity index (χ1n) is 15.4. The summed E-state index contributed by atoms with van der Waals surface area (Å²) in [7, 11) is 0. The zero-order chi connectivity index (χ0) is 30.9. The summed E-state index contributed by atoms with van der Waals surface area (Å²) in [4.78, 5) is 59.2. The molecular formula is C31H45N7O5. The summed E-state index contributed by atoms with van der Waals surface area (Å²) in [5.74, 6) is -1.45. The maximum absolute atomic E-state index is 14.0. The van der Waals surface area contributed by atoms with Gasteiger partial charge in [-0.3, -0.25) is 19.8 Å². The molecule has 12 nitrogen and oxygen atoms in total. The fraction of sp³-hybridized carbons (Fsp3) is 0.581. The number of para-hydroxylation sites is 1. The minimum absolute atomic E-state index is 0.0858. The van der Waals surface area contributed by atoms with Gasteiger partial charge in [0.05, 0.1) is 6.42 Å². The van der Waals surface area contributed by atoms with Crippen molar-refractivity contribution in [2.45, 2.75) is 95.9 Å². The van der Waals surface area contributed by atoms with E-state index in [1.807, 2.05) is 30.5 Å². The van der Waals surface area contributed by atoms with E-state index in [9.17, 15) is 19.2 Å². The number of hydrogen-bond acceptors (Lipinski definition) is 6. The summed E-state index contributed by atoms with van der Waals surface area (Å²) in [5.41, 5.74) is 7.20. The van der Waals surface area contributed by atoms with Crippen molar-refractivity contribution < 1.29 is 23.9 Å². The van der Waals surface area contributed by atoms with Crippen molar-refractivity contribution in [2.75, 3.05) is 13.1 Å². The van der Waals surface area contributed by atoms with Crippen LogP contribution < -0.4 is 21.7 Å². The molecule has 0 unspecified atom stereocenters. The van der Waals surface area contributed by atoms with E-state index in [1.54, 1.807) is 0 Å². The van der Waals surface area contributed by atoms with Crippen LogP contribution in [0.2, 0.25) is 0 Å². The number of guanidine groups is 1. The van der Waals surface area contributed by atoms with Crippen LogP contribution >= 0.6 is 0 Å². The number of amides is 3. The first-order chi connectivity index (χ1) is 20.6. The number of ether oxygens (including phenoxy) is 1. The standard InChI is InChI=1S/C31H45N7O5/c1-19(2)8-5-9-21-17-27(39)36-25(16-20-18-35-23-11-4-3-10-22(20)23)29(41)38-15-7-13-26(38)28(40)37-24(30(42)43-21)12-6-14-34-31(32)33/h3-4,10-11,18-19,21,24-26,35H,5-9,12-17H2,1-2H3,(H,36,39)(H,37,40)(H4,32,33,34)/t21-,24-,25+,26-/m0/s1. The number of benzene rings is 1. The molecule has 0 saturated carbocycles. The Kier molecular flexibility index (Phi) is 11.0. The van der Waals surface area contributed by atoms with Crippen LogP contribution in [0, 0.1) is 11.3 Å². The van der Waals surface area contributed by atoms with Crippen LogP contribution in [0.5, 0.6) is 0 Å². The summed E-state index contributed by atoms with van der Waals surface area (Å²) in [6.45, 7) is 4.94. The van der Waals surface area contributed by atoms with Gasteiger partial charge in [0.25, 0.3) is 0 Å². The quantitative estimate of drug-likeness (QED) is 0.105. The summed E-state index contributed by atoms with van der Waals surface area (Å²) < 4.78 is 5.89. The number of rotatable bonds is 10. The van der Waals surface area contributed by atoms with E-state index < -0.39 is 36.1 Å². The van der Waals surface area contributed by atoms with E-state index >= 15 is 0 Å². The molecule has 4 atom stereocenters. The van der Waals surface area contributed by atoms with Gasteiger partial charge >= 0.3 is 5.97 Å². The SMILES string of the molecule is CC(C)CCC[C@H]1CC(=O)N[C@H](Cc2c[nH]c3ccccc23)C(=O)N2CCC[C@H]2C(=O)N[C@@H](CCCNC(=N)N)C(=O)O1. The molecule has 1 aromatic carbocycles. The van der Waals surface area contributed by atoms with Crippen LogP contribution in [0.15, 0.2) is 30.5 Å². The highest BCUT2D eigenvalue weighted by molar-refractivity contribution is 5.95. The second-order valence-electron chi connectivity index (χ2n) is 12.0. The van der Waals surface area contributed by atoms with Crippen LogP contribution in [0.1, 0.15) is 70.8 Å². The van der Waals surface area contributed by atoms with Crippen molar-refractivity contribution in [2.24, 2.45) is 11.7 Å². The molecular weight excluding hydrogens is 550 g/mol. The molecule has 0 radical (unpaired) electrons. The Labute approximate surface area is 252 Å². The molecule has 2 fully saturated rings. The minimum atomic E-state index is -0.961. The molecule has 0 spiro atoms. The third-order valence-electron chi connectivity index (χ3n) is 8.16. The number of H-pyrrole nitrogens is 1. The van der Waals surface area contributed by atoms with E-state index in [-0.39, 0.29) is 37.0 Å². The number of nitrogens with two attached hydrogens (primary N) is 1. The Balaban J connectivity index is 1.61. The Hall–Kier alpha value is -4.09. The van der Waals surface area contributed by atoms with Gasteiger partial charge in [-0.2, -0.15) is 0 Å². The molecule has 2 aliphatic rings. The maximum Gasteiger partial charge on any atom is 0.328 e. The number of nitrogens with zero attached hydrogens (tertiary/aromatic N) is 1. The Morgan fingerprint density at radius 1 is 1.12 bits per heavy atom. The number of aromatic amines is 1. The average Bonchev–Trinajstić information content (AvgIpc) is 3.61. The van der Waals surface area contributed by atoms with E-state index in [2.05, 4.69) is 34.8 Å². The summed E-state index contributed by atoms with van der Waals surface area (Å²) in [6.07, 6.45) is 5.25. The Bertz CT molecular complexity index is 1310. The lowest BCUT2D eigenvalue weighted by atomic mass is 10.0. The van der Waals surface area contributed by atoms with Crippen LogP contribution in [0.25, 0.3) is 10.9 Å². The number of aromatic nitrogens is 1. The lowest BCUT2D eigenvalue weighted by molar-refractivity contribution is -0.155. The van der Waals surface area contributed by atoms with Crippen LogP contribution in [-0.4, -0.2) is 76.9 Å². The van der Waals surface area contributed by atoms with Crippen molar-refractivity contribution in [1.82, 2.24) is 25.8 Å². The predicted octanol–water partition coefficient (Wildman–Crippen LogP) is 2.08. The van der Waals surface area contributed by atoms with Crippen LogP contribution in [-0.2, 0) is 30.3 Å². The average molecular weight is 596 g/mol.